The highest BCUT2D eigenvalue weighted by Gasteiger charge is 2.44. The summed E-state index contributed by atoms with van der Waals surface area (Å²) in [5.74, 6) is 0. The van der Waals surface area contributed by atoms with Crippen molar-refractivity contribution in [3.63, 3.8) is 0 Å². The molecule has 0 atom stereocenters. The molecule has 3 nitrogen and oxygen atoms in total. The molecular formula is C14H32O3Si. The van der Waals surface area contributed by atoms with Gasteiger partial charge in [0.2, 0.25) is 0 Å². The highest BCUT2D eigenvalue weighted by atomic mass is 28.4. The number of unbranched alkanes of at least 4 members (excludes halogenated alkanes) is 2. The van der Waals surface area contributed by atoms with Crippen LogP contribution in [0.4, 0.5) is 0 Å². The summed E-state index contributed by atoms with van der Waals surface area (Å²) < 4.78 is 18.2. The minimum atomic E-state index is -2.49. The van der Waals surface area contributed by atoms with Crippen LogP contribution in [0.5, 0.6) is 0 Å². The second kappa shape index (κ2) is 9.07. The van der Waals surface area contributed by atoms with Crippen LogP contribution >= 0.6 is 0 Å². The molecule has 0 radical (unpaired) electrons. The smallest absolute Gasteiger partial charge is 0.374 e. The third-order valence-electron chi connectivity index (χ3n) is 3.10. The Bertz CT molecular complexity index is 201. The lowest BCUT2D eigenvalue weighted by Crippen LogP contribution is -2.51. The first-order valence-electron chi connectivity index (χ1n) is 7.43. The summed E-state index contributed by atoms with van der Waals surface area (Å²) in [7, 11) is -2.49. The number of hydrogen-bond donors (Lipinski definition) is 0. The molecule has 0 fully saturated rings. The third-order valence-corrected chi connectivity index (χ3v) is 6.38. The molecule has 0 spiro atoms. The molecule has 0 aromatic rings. The van der Waals surface area contributed by atoms with Crippen molar-refractivity contribution in [1.82, 2.24) is 0 Å². The topological polar surface area (TPSA) is 27.7 Å². The predicted octanol–water partition coefficient (Wildman–Crippen LogP) is 4.39. The average molecular weight is 276 g/mol. The van der Waals surface area contributed by atoms with Crippen LogP contribution in [-0.4, -0.2) is 27.6 Å². The highest BCUT2D eigenvalue weighted by molar-refractivity contribution is 6.60. The summed E-state index contributed by atoms with van der Waals surface area (Å²) in [5.41, 5.74) is -0.164. The van der Waals surface area contributed by atoms with Crippen LogP contribution in [0.25, 0.3) is 0 Å². The molecule has 0 N–H and O–H groups in total. The van der Waals surface area contributed by atoms with Gasteiger partial charge in [-0.15, -0.1) is 0 Å². The van der Waals surface area contributed by atoms with Crippen LogP contribution in [0.3, 0.4) is 0 Å². The summed E-state index contributed by atoms with van der Waals surface area (Å²) in [6.45, 7) is 14.0. The quantitative estimate of drug-likeness (QED) is 0.414. The Hall–Kier alpha value is 0.0969. The lowest BCUT2D eigenvalue weighted by molar-refractivity contribution is -0.0123. The first-order chi connectivity index (χ1) is 8.45. The first kappa shape index (κ1) is 18.1. The van der Waals surface area contributed by atoms with Crippen LogP contribution in [0, 0.1) is 0 Å². The maximum atomic E-state index is 6.30. The van der Waals surface area contributed by atoms with E-state index < -0.39 is 8.80 Å². The fourth-order valence-corrected chi connectivity index (χ4v) is 4.96. The van der Waals surface area contributed by atoms with Crippen LogP contribution in [0.15, 0.2) is 0 Å². The maximum Gasteiger partial charge on any atom is 0.501 e. The molecule has 0 amide bonds. The Balaban J connectivity index is 4.71. The fraction of sp³-hybridized carbons (Fsp3) is 1.00. The van der Waals surface area contributed by atoms with Gasteiger partial charge >= 0.3 is 8.80 Å². The standard InChI is InChI=1S/C14H32O3Si/c1-7-11-12-13-18(15-9-3,16-10-4)17-14(5,6)8-2/h7-13H2,1-6H3. The minimum absolute atomic E-state index is 0.164. The van der Waals surface area contributed by atoms with E-state index in [1.54, 1.807) is 0 Å². The van der Waals surface area contributed by atoms with Gasteiger partial charge in [-0.1, -0.05) is 26.7 Å². The van der Waals surface area contributed by atoms with Gasteiger partial charge in [-0.2, -0.15) is 0 Å². The Labute approximate surface area is 115 Å². The van der Waals surface area contributed by atoms with Crippen LogP contribution in [0.1, 0.15) is 67.2 Å². The van der Waals surface area contributed by atoms with E-state index in [1.165, 1.54) is 12.8 Å². The van der Waals surface area contributed by atoms with Crippen molar-refractivity contribution in [1.29, 1.82) is 0 Å². The molecule has 0 aliphatic rings. The SMILES string of the molecule is CCCCC[Si](OCC)(OCC)OC(C)(C)CC. The van der Waals surface area contributed by atoms with Crippen molar-refractivity contribution in [2.45, 2.75) is 78.9 Å². The molecular weight excluding hydrogens is 244 g/mol. The molecule has 0 unspecified atom stereocenters. The molecule has 4 heteroatoms. The molecule has 0 aromatic carbocycles. The maximum absolute atomic E-state index is 6.30. The van der Waals surface area contributed by atoms with Gasteiger partial charge in [0.25, 0.3) is 0 Å². The number of hydrogen-bond acceptors (Lipinski definition) is 3. The predicted molar refractivity (Wildman–Crippen MR) is 78.8 cm³/mol. The van der Waals surface area contributed by atoms with Crippen molar-refractivity contribution in [3.8, 4) is 0 Å². The second-order valence-electron chi connectivity index (χ2n) is 5.22. The fourth-order valence-electron chi connectivity index (χ4n) is 1.82. The van der Waals surface area contributed by atoms with Gasteiger partial charge in [-0.05, 0) is 40.5 Å². The molecule has 0 bridgehead atoms. The van der Waals surface area contributed by atoms with Crippen molar-refractivity contribution < 1.29 is 13.3 Å². The molecule has 0 aliphatic heterocycles. The van der Waals surface area contributed by atoms with Gasteiger partial charge in [0, 0.05) is 19.3 Å². The molecule has 0 saturated heterocycles. The molecule has 0 aliphatic carbocycles. The zero-order chi connectivity index (χ0) is 14.1. The van der Waals surface area contributed by atoms with Crippen molar-refractivity contribution in [2.75, 3.05) is 13.2 Å². The van der Waals surface area contributed by atoms with E-state index >= 15 is 0 Å². The van der Waals surface area contributed by atoms with E-state index in [0.29, 0.717) is 13.2 Å². The summed E-state index contributed by atoms with van der Waals surface area (Å²) in [5, 5.41) is 0. The lowest BCUT2D eigenvalue weighted by Gasteiger charge is -2.36. The normalized spacial score (nSPS) is 13.0. The van der Waals surface area contributed by atoms with Gasteiger partial charge in [0.1, 0.15) is 0 Å². The minimum Gasteiger partial charge on any atom is -0.374 e. The van der Waals surface area contributed by atoms with E-state index in [-0.39, 0.29) is 5.60 Å². The van der Waals surface area contributed by atoms with Crippen LogP contribution < -0.4 is 0 Å². The summed E-state index contributed by atoms with van der Waals surface area (Å²) >= 11 is 0. The van der Waals surface area contributed by atoms with E-state index in [2.05, 4.69) is 27.7 Å². The molecule has 0 aromatic heterocycles. The molecule has 0 heterocycles. The largest absolute Gasteiger partial charge is 0.501 e. The van der Waals surface area contributed by atoms with Crippen LogP contribution in [-0.2, 0) is 13.3 Å². The van der Waals surface area contributed by atoms with E-state index in [9.17, 15) is 0 Å². The van der Waals surface area contributed by atoms with E-state index in [0.717, 1.165) is 18.9 Å². The Kier molecular flexibility index (Phi) is 9.12. The zero-order valence-corrected chi connectivity index (χ0v) is 14.2. The summed E-state index contributed by atoms with van der Waals surface area (Å²) in [4.78, 5) is 0. The van der Waals surface area contributed by atoms with Gasteiger partial charge in [0.05, 0.1) is 5.60 Å². The Morgan fingerprint density at radius 3 is 1.83 bits per heavy atom. The van der Waals surface area contributed by atoms with Gasteiger partial charge in [-0.3, -0.25) is 0 Å². The summed E-state index contributed by atoms with van der Waals surface area (Å²) in [6.07, 6.45) is 4.52. The Morgan fingerprint density at radius 1 is 0.889 bits per heavy atom. The highest BCUT2D eigenvalue weighted by Crippen LogP contribution is 2.27. The lowest BCUT2D eigenvalue weighted by atomic mass is 10.1. The molecule has 0 saturated carbocycles. The molecule has 110 valence electrons. The zero-order valence-electron chi connectivity index (χ0n) is 13.2. The van der Waals surface area contributed by atoms with Crippen LogP contribution in [0.2, 0.25) is 6.04 Å². The monoisotopic (exact) mass is 276 g/mol. The van der Waals surface area contributed by atoms with Gasteiger partial charge < -0.3 is 13.3 Å². The van der Waals surface area contributed by atoms with Gasteiger partial charge in [-0.25, -0.2) is 0 Å². The van der Waals surface area contributed by atoms with Crippen molar-refractivity contribution in [2.24, 2.45) is 0 Å². The van der Waals surface area contributed by atoms with E-state index in [4.69, 9.17) is 13.3 Å². The van der Waals surface area contributed by atoms with E-state index in [1.807, 2.05) is 13.8 Å². The average Bonchev–Trinajstić information content (AvgIpc) is 2.29. The molecule has 0 rings (SSSR count). The Morgan fingerprint density at radius 2 is 1.44 bits per heavy atom. The molecule has 18 heavy (non-hydrogen) atoms. The second-order valence-corrected chi connectivity index (χ2v) is 7.87. The van der Waals surface area contributed by atoms with Crippen molar-refractivity contribution >= 4 is 8.80 Å². The first-order valence-corrected chi connectivity index (χ1v) is 9.36. The van der Waals surface area contributed by atoms with Gasteiger partial charge in [0.15, 0.2) is 0 Å². The third kappa shape index (κ3) is 6.88. The van der Waals surface area contributed by atoms with Crippen molar-refractivity contribution in [3.05, 3.63) is 0 Å². The number of rotatable bonds is 11. The summed E-state index contributed by atoms with van der Waals surface area (Å²) in [6, 6.07) is 0.936.